The van der Waals surface area contributed by atoms with Crippen molar-refractivity contribution in [2.24, 2.45) is 0 Å². The molecular weight excluding hydrogens is 332 g/mol. The number of pyridine rings is 1. The molecule has 2 N–H and O–H groups in total. The Labute approximate surface area is 150 Å². The van der Waals surface area contributed by atoms with Gasteiger partial charge in [0.1, 0.15) is 11.3 Å². The molecule has 7 heteroatoms. The number of rotatable bonds is 5. The van der Waals surface area contributed by atoms with Crippen molar-refractivity contribution in [2.45, 2.75) is 13.0 Å². The van der Waals surface area contributed by atoms with E-state index in [0.29, 0.717) is 11.4 Å². The first-order chi connectivity index (χ1) is 12.6. The first-order valence-corrected chi connectivity index (χ1v) is 8.03. The third-order valence-corrected chi connectivity index (χ3v) is 3.97. The van der Waals surface area contributed by atoms with Crippen molar-refractivity contribution >= 4 is 5.91 Å². The SMILES string of the molecule is COc1cccc([C@@H](C)NC(=O)c2cc(-c3ccncc3)n[nH]c2=O)c1. The van der Waals surface area contributed by atoms with Gasteiger partial charge in [-0.25, -0.2) is 5.10 Å². The molecular formula is C19H18N4O3. The standard InChI is InChI=1S/C19H18N4O3/c1-12(14-4-3-5-15(10-14)26-2)21-18(24)16-11-17(22-23-19(16)25)13-6-8-20-9-7-13/h3-12H,1-2H3,(H,21,24)(H,23,25)/t12-/m1/s1. The summed E-state index contributed by atoms with van der Waals surface area (Å²) in [5, 5.41) is 9.19. The van der Waals surface area contributed by atoms with Gasteiger partial charge in [0.05, 0.1) is 18.8 Å². The molecule has 1 amide bonds. The van der Waals surface area contributed by atoms with Gasteiger partial charge in [0.2, 0.25) is 0 Å². The van der Waals surface area contributed by atoms with Gasteiger partial charge in [-0.15, -0.1) is 0 Å². The molecule has 132 valence electrons. The summed E-state index contributed by atoms with van der Waals surface area (Å²) >= 11 is 0. The Morgan fingerprint density at radius 2 is 1.96 bits per heavy atom. The van der Waals surface area contributed by atoms with Gasteiger partial charge in [0.25, 0.3) is 11.5 Å². The van der Waals surface area contributed by atoms with Crippen molar-refractivity contribution in [1.29, 1.82) is 0 Å². The van der Waals surface area contributed by atoms with Crippen LogP contribution in [0.3, 0.4) is 0 Å². The van der Waals surface area contributed by atoms with E-state index < -0.39 is 11.5 Å². The van der Waals surface area contributed by atoms with Crippen LogP contribution in [0.5, 0.6) is 5.75 Å². The quantitative estimate of drug-likeness (QED) is 0.736. The van der Waals surface area contributed by atoms with Gasteiger partial charge >= 0.3 is 0 Å². The predicted octanol–water partition coefficient (Wildman–Crippen LogP) is 2.33. The molecule has 2 aromatic heterocycles. The Bertz CT molecular complexity index is 970. The van der Waals surface area contributed by atoms with E-state index in [4.69, 9.17) is 4.74 Å². The van der Waals surface area contributed by atoms with Crippen molar-refractivity contribution in [1.82, 2.24) is 20.5 Å². The fourth-order valence-corrected chi connectivity index (χ4v) is 2.51. The largest absolute Gasteiger partial charge is 0.497 e. The molecule has 3 aromatic rings. The minimum absolute atomic E-state index is 0.00144. The molecule has 26 heavy (non-hydrogen) atoms. The first kappa shape index (κ1) is 17.3. The fourth-order valence-electron chi connectivity index (χ4n) is 2.51. The van der Waals surface area contributed by atoms with Crippen LogP contribution in [-0.4, -0.2) is 28.2 Å². The van der Waals surface area contributed by atoms with Crippen molar-refractivity contribution in [2.75, 3.05) is 7.11 Å². The van der Waals surface area contributed by atoms with Gasteiger partial charge in [-0.2, -0.15) is 5.10 Å². The summed E-state index contributed by atoms with van der Waals surface area (Å²) in [4.78, 5) is 28.6. The molecule has 0 aliphatic carbocycles. The monoisotopic (exact) mass is 350 g/mol. The first-order valence-electron chi connectivity index (χ1n) is 8.03. The molecule has 0 spiro atoms. The number of methoxy groups -OCH3 is 1. The van der Waals surface area contributed by atoms with E-state index in [1.54, 1.807) is 31.6 Å². The number of hydrogen-bond acceptors (Lipinski definition) is 5. The summed E-state index contributed by atoms with van der Waals surface area (Å²) in [5.41, 5.74) is 1.58. The van der Waals surface area contributed by atoms with Crippen LogP contribution in [0, 0.1) is 0 Å². The normalized spacial score (nSPS) is 11.6. The number of carbonyl (C=O) groups is 1. The number of H-pyrrole nitrogens is 1. The lowest BCUT2D eigenvalue weighted by Crippen LogP contribution is -2.32. The van der Waals surface area contributed by atoms with E-state index in [0.717, 1.165) is 11.1 Å². The van der Waals surface area contributed by atoms with Crippen molar-refractivity contribution in [3.05, 3.63) is 76.3 Å². The van der Waals surface area contributed by atoms with Crippen LogP contribution in [0.25, 0.3) is 11.3 Å². The zero-order valence-electron chi connectivity index (χ0n) is 14.4. The zero-order chi connectivity index (χ0) is 18.5. The number of hydrogen-bond donors (Lipinski definition) is 2. The Kier molecular flexibility index (Phi) is 5.07. The van der Waals surface area contributed by atoms with Crippen LogP contribution in [0.4, 0.5) is 0 Å². The lowest BCUT2D eigenvalue weighted by Gasteiger charge is -2.15. The molecule has 0 aliphatic rings. The van der Waals surface area contributed by atoms with E-state index in [1.165, 1.54) is 6.07 Å². The second-order valence-electron chi connectivity index (χ2n) is 5.70. The number of aromatic nitrogens is 3. The van der Waals surface area contributed by atoms with Crippen LogP contribution in [0.2, 0.25) is 0 Å². The Hall–Kier alpha value is -3.48. The number of benzene rings is 1. The Morgan fingerprint density at radius 3 is 2.69 bits per heavy atom. The molecule has 0 radical (unpaired) electrons. The van der Waals surface area contributed by atoms with E-state index in [-0.39, 0.29) is 11.6 Å². The van der Waals surface area contributed by atoms with E-state index in [2.05, 4.69) is 20.5 Å². The molecule has 0 saturated heterocycles. The number of nitrogens with one attached hydrogen (secondary N) is 2. The second-order valence-corrected chi connectivity index (χ2v) is 5.70. The molecule has 1 aromatic carbocycles. The van der Waals surface area contributed by atoms with Crippen LogP contribution in [-0.2, 0) is 0 Å². The van der Waals surface area contributed by atoms with Gasteiger partial charge in [0, 0.05) is 18.0 Å². The molecule has 2 heterocycles. The second kappa shape index (κ2) is 7.60. The highest BCUT2D eigenvalue weighted by Crippen LogP contribution is 2.19. The molecule has 0 fully saturated rings. The van der Waals surface area contributed by atoms with Crippen molar-refractivity contribution in [3.63, 3.8) is 0 Å². The lowest BCUT2D eigenvalue weighted by molar-refractivity contribution is 0.0938. The van der Waals surface area contributed by atoms with Crippen LogP contribution < -0.4 is 15.6 Å². The summed E-state index contributed by atoms with van der Waals surface area (Å²) in [7, 11) is 1.58. The number of ether oxygens (including phenoxy) is 1. The highest BCUT2D eigenvalue weighted by molar-refractivity contribution is 5.94. The summed E-state index contributed by atoms with van der Waals surface area (Å²) in [6.07, 6.45) is 3.24. The molecule has 3 rings (SSSR count). The maximum absolute atomic E-state index is 12.6. The lowest BCUT2D eigenvalue weighted by atomic mass is 10.1. The average Bonchev–Trinajstić information content (AvgIpc) is 2.69. The highest BCUT2D eigenvalue weighted by Gasteiger charge is 2.16. The summed E-state index contributed by atoms with van der Waals surface area (Å²) in [6, 6.07) is 12.1. The molecule has 0 bridgehead atoms. The van der Waals surface area contributed by atoms with Gasteiger partial charge in [-0.3, -0.25) is 14.6 Å². The van der Waals surface area contributed by atoms with E-state index in [1.807, 2.05) is 31.2 Å². The smallest absolute Gasteiger partial charge is 0.277 e. The topological polar surface area (TPSA) is 97.0 Å². The summed E-state index contributed by atoms with van der Waals surface area (Å²) in [5.74, 6) is 0.226. The number of nitrogens with zero attached hydrogens (tertiary/aromatic N) is 2. The molecule has 0 saturated carbocycles. The van der Waals surface area contributed by atoms with Gasteiger partial charge in [0.15, 0.2) is 0 Å². The molecule has 7 nitrogen and oxygen atoms in total. The fraction of sp³-hybridized carbons (Fsp3) is 0.158. The van der Waals surface area contributed by atoms with Crippen molar-refractivity contribution in [3.8, 4) is 17.0 Å². The van der Waals surface area contributed by atoms with Crippen LogP contribution >= 0.6 is 0 Å². The maximum atomic E-state index is 12.6. The number of carbonyl (C=O) groups excluding carboxylic acids is 1. The predicted molar refractivity (Wildman–Crippen MR) is 97.0 cm³/mol. The highest BCUT2D eigenvalue weighted by atomic mass is 16.5. The third kappa shape index (κ3) is 3.77. The number of amides is 1. The zero-order valence-corrected chi connectivity index (χ0v) is 14.4. The average molecular weight is 350 g/mol. The minimum Gasteiger partial charge on any atom is -0.497 e. The minimum atomic E-state index is -0.543. The summed E-state index contributed by atoms with van der Waals surface area (Å²) in [6.45, 7) is 1.84. The summed E-state index contributed by atoms with van der Waals surface area (Å²) < 4.78 is 5.20. The maximum Gasteiger partial charge on any atom is 0.277 e. The van der Waals surface area contributed by atoms with E-state index >= 15 is 0 Å². The Morgan fingerprint density at radius 1 is 1.19 bits per heavy atom. The van der Waals surface area contributed by atoms with Crippen molar-refractivity contribution < 1.29 is 9.53 Å². The van der Waals surface area contributed by atoms with Crippen LogP contribution in [0.15, 0.2) is 59.7 Å². The van der Waals surface area contributed by atoms with Crippen LogP contribution in [0.1, 0.15) is 28.9 Å². The van der Waals surface area contributed by atoms with E-state index in [9.17, 15) is 9.59 Å². The molecule has 0 aliphatic heterocycles. The van der Waals surface area contributed by atoms with Gasteiger partial charge in [-0.05, 0) is 42.8 Å². The van der Waals surface area contributed by atoms with Gasteiger partial charge < -0.3 is 10.1 Å². The number of aromatic amines is 1. The Balaban J connectivity index is 1.84. The molecule has 0 unspecified atom stereocenters. The molecule has 1 atom stereocenters. The van der Waals surface area contributed by atoms with Gasteiger partial charge in [-0.1, -0.05) is 12.1 Å². The third-order valence-electron chi connectivity index (χ3n) is 3.97.